The first-order valence-electron chi connectivity index (χ1n) is 6.91. The Kier molecular flexibility index (Phi) is 5.27. The van der Waals surface area contributed by atoms with Crippen LogP contribution in [0.25, 0.3) is 0 Å². The summed E-state index contributed by atoms with van der Waals surface area (Å²) < 4.78 is 0. The third-order valence-electron chi connectivity index (χ3n) is 3.38. The van der Waals surface area contributed by atoms with E-state index in [2.05, 4.69) is 45.0 Å². The Balaban J connectivity index is 2.12. The molecule has 1 fully saturated rings. The molecule has 1 aliphatic rings. The molecule has 0 aromatic carbocycles. The Hall–Kier alpha value is -1.01. The van der Waals surface area contributed by atoms with Crippen molar-refractivity contribution in [2.24, 2.45) is 0 Å². The lowest BCUT2D eigenvalue weighted by molar-refractivity contribution is 0.270. The van der Waals surface area contributed by atoms with Gasteiger partial charge in [-0.25, -0.2) is 9.97 Å². The van der Waals surface area contributed by atoms with Crippen molar-refractivity contribution in [1.82, 2.24) is 14.9 Å². The van der Waals surface area contributed by atoms with Gasteiger partial charge in [0.1, 0.15) is 11.6 Å². The Morgan fingerprint density at radius 3 is 2.53 bits per heavy atom. The van der Waals surface area contributed by atoms with Crippen LogP contribution in [0.5, 0.6) is 0 Å². The molecule has 0 aliphatic carbocycles. The molecule has 0 unspecified atom stereocenters. The first-order valence-corrected chi connectivity index (χ1v) is 8.13. The summed E-state index contributed by atoms with van der Waals surface area (Å²) in [5.74, 6) is 1.97. The predicted octanol–water partition coefficient (Wildman–Crippen LogP) is 1.77. The van der Waals surface area contributed by atoms with Gasteiger partial charge in [-0.3, -0.25) is 0 Å². The summed E-state index contributed by atoms with van der Waals surface area (Å²) in [5.41, 5.74) is 0. The van der Waals surface area contributed by atoms with E-state index in [0.29, 0.717) is 0 Å². The van der Waals surface area contributed by atoms with E-state index in [1.165, 1.54) is 0 Å². The number of thioether (sulfide) groups is 1. The van der Waals surface area contributed by atoms with Gasteiger partial charge in [0, 0.05) is 38.8 Å². The number of piperazine rings is 1. The number of likely N-dealkylation sites (N-methyl/N-ethyl adjacent to an activating group) is 1. The van der Waals surface area contributed by atoms with Crippen molar-refractivity contribution in [1.29, 1.82) is 0 Å². The van der Waals surface area contributed by atoms with Gasteiger partial charge >= 0.3 is 0 Å². The quantitative estimate of drug-likeness (QED) is 0.655. The Morgan fingerprint density at radius 1 is 1.21 bits per heavy atom. The summed E-state index contributed by atoms with van der Waals surface area (Å²) in [4.78, 5) is 13.9. The highest BCUT2D eigenvalue weighted by atomic mass is 32.2. The lowest BCUT2D eigenvalue weighted by Gasteiger charge is -2.34. The van der Waals surface area contributed by atoms with E-state index in [4.69, 9.17) is 0 Å². The summed E-state index contributed by atoms with van der Waals surface area (Å²) in [5, 5.41) is 4.12. The summed E-state index contributed by atoms with van der Waals surface area (Å²) >= 11 is 1.59. The Labute approximate surface area is 119 Å². The molecule has 2 heterocycles. The van der Waals surface area contributed by atoms with Crippen LogP contribution in [0.3, 0.4) is 0 Å². The molecule has 1 saturated heterocycles. The summed E-state index contributed by atoms with van der Waals surface area (Å²) in [6.45, 7) is 10.6. The van der Waals surface area contributed by atoms with Gasteiger partial charge in [-0.05, 0) is 19.7 Å². The van der Waals surface area contributed by atoms with Gasteiger partial charge in [-0.2, -0.15) is 0 Å². The van der Waals surface area contributed by atoms with E-state index in [1.807, 2.05) is 6.26 Å². The number of hydrogen-bond acceptors (Lipinski definition) is 6. The second-order valence-corrected chi connectivity index (χ2v) is 5.32. The zero-order valence-electron chi connectivity index (χ0n) is 12.0. The van der Waals surface area contributed by atoms with E-state index in [-0.39, 0.29) is 0 Å². The average Bonchev–Trinajstić information content (AvgIpc) is 2.47. The number of nitrogens with zero attached hydrogens (tertiary/aromatic N) is 4. The zero-order valence-corrected chi connectivity index (χ0v) is 12.8. The largest absolute Gasteiger partial charge is 0.370 e. The number of anilines is 2. The minimum absolute atomic E-state index is 0.839. The zero-order chi connectivity index (χ0) is 13.7. The molecule has 1 aliphatic heterocycles. The van der Waals surface area contributed by atoms with Gasteiger partial charge in [0.05, 0.1) is 0 Å². The first-order chi connectivity index (χ1) is 9.26. The van der Waals surface area contributed by atoms with Crippen molar-refractivity contribution in [2.45, 2.75) is 19.0 Å². The van der Waals surface area contributed by atoms with Crippen LogP contribution < -0.4 is 10.2 Å². The van der Waals surface area contributed by atoms with E-state index < -0.39 is 0 Å². The van der Waals surface area contributed by atoms with Gasteiger partial charge in [0.25, 0.3) is 0 Å². The number of hydrogen-bond donors (Lipinski definition) is 1. The highest BCUT2D eigenvalue weighted by Crippen LogP contribution is 2.21. The molecule has 0 radical (unpaired) electrons. The molecule has 19 heavy (non-hydrogen) atoms. The number of aromatic nitrogens is 2. The second-order valence-electron chi connectivity index (χ2n) is 4.55. The van der Waals surface area contributed by atoms with E-state index in [9.17, 15) is 0 Å². The van der Waals surface area contributed by atoms with Gasteiger partial charge in [-0.1, -0.05) is 18.7 Å². The van der Waals surface area contributed by atoms with Crippen LogP contribution in [0.15, 0.2) is 11.2 Å². The normalized spacial score (nSPS) is 16.7. The molecular weight excluding hydrogens is 258 g/mol. The highest BCUT2D eigenvalue weighted by Gasteiger charge is 2.18. The van der Waals surface area contributed by atoms with Crippen LogP contribution >= 0.6 is 11.8 Å². The first kappa shape index (κ1) is 14.4. The van der Waals surface area contributed by atoms with E-state index >= 15 is 0 Å². The van der Waals surface area contributed by atoms with Crippen LogP contribution in [0.4, 0.5) is 11.6 Å². The summed E-state index contributed by atoms with van der Waals surface area (Å²) in [6, 6.07) is 2.06. The van der Waals surface area contributed by atoms with Crippen molar-refractivity contribution >= 4 is 23.4 Å². The summed E-state index contributed by atoms with van der Waals surface area (Å²) in [7, 11) is 0. The van der Waals surface area contributed by atoms with Crippen molar-refractivity contribution < 1.29 is 0 Å². The smallest absolute Gasteiger partial charge is 0.191 e. The second kappa shape index (κ2) is 6.96. The maximum atomic E-state index is 4.63. The van der Waals surface area contributed by atoms with Crippen LogP contribution in [-0.4, -0.2) is 60.4 Å². The van der Waals surface area contributed by atoms with Gasteiger partial charge in [-0.15, -0.1) is 0 Å². The molecule has 0 bridgehead atoms. The molecule has 1 aromatic heterocycles. The molecular formula is C13H23N5S. The minimum atomic E-state index is 0.839. The standard InChI is InChI=1S/C13H23N5S/c1-4-14-11-10-12(16-13(15-11)19-3)18-8-6-17(5-2)7-9-18/h10H,4-9H2,1-3H3,(H,14,15,16). The van der Waals surface area contributed by atoms with Crippen molar-refractivity contribution in [3.8, 4) is 0 Å². The molecule has 6 heteroatoms. The maximum absolute atomic E-state index is 4.63. The third kappa shape index (κ3) is 3.73. The fourth-order valence-corrected chi connectivity index (χ4v) is 2.61. The minimum Gasteiger partial charge on any atom is -0.370 e. The van der Waals surface area contributed by atoms with Gasteiger partial charge in [0.2, 0.25) is 0 Å². The van der Waals surface area contributed by atoms with Crippen molar-refractivity contribution in [3.05, 3.63) is 6.07 Å². The monoisotopic (exact) mass is 281 g/mol. The molecule has 0 amide bonds. The van der Waals surface area contributed by atoms with Crippen LogP contribution in [-0.2, 0) is 0 Å². The maximum Gasteiger partial charge on any atom is 0.191 e. The molecule has 1 aromatic rings. The van der Waals surface area contributed by atoms with Crippen LogP contribution in [0, 0.1) is 0 Å². The SMILES string of the molecule is CCNc1cc(N2CCN(CC)CC2)nc(SC)n1. The Bertz CT molecular complexity index is 404. The fourth-order valence-electron chi connectivity index (χ4n) is 2.23. The summed E-state index contributed by atoms with van der Waals surface area (Å²) in [6.07, 6.45) is 2.02. The van der Waals surface area contributed by atoms with E-state index in [0.717, 1.165) is 56.1 Å². The number of nitrogens with one attached hydrogen (secondary N) is 1. The molecule has 2 rings (SSSR count). The van der Waals surface area contributed by atoms with Gasteiger partial charge < -0.3 is 15.1 Å². The number of rotatable bonds is 5. The van der Waals surface area contributed by atoms with Crippen molar-refractivity contribution in [3.63, 3.8) is 0 Å². The van der Waals surface area contributed by atoms with Crippen molar-refractivity contribution in [2.75, 3.05) is 55.7 Å². The van der Waals surface area contributed by atoms with Crippen LogP contribution in [0.2, 0.25) is 0 Å². The Morgan fingerprint density at radius 2 is 1.95 bits per heavy atom. The molecule has 1 N–H and O–H groups in total. The predicted molar refractivity (Wildman–Crippen MR) is 82.3 cm³/mol. The molecule has 106 valence electrons. The lowest BCUT2D eigenvalue weighted by atomic mass is 10.3. The van der Waals surface area contributed by atoms with Gasteiger partial charge in [0.15, 0.2) is 5.16 Å². The lowest BCUT2D eigenvalue weighted by Crippen LogP contribution is -2.46. The molecule has 5 nitrogen and oxygen atoms in total. The molecule has 0 saturated carbocycles. The topological polar surface area (TPSA) is 44.3 Å². The highest BCUT2D eigenvalue weighted by molar-refractivity contribution is 7.98. The van der Waals surface area contributed by atoms with Crippen LogP contribution in [0.1, 0.15) is 13.8 Å². The third-order valence-corrected chi connectivity index (χ3v) is 3.92. The molecule has 0 atom stereocenters. The van der Waals surface area contributed by atoms with E-state index in [1.54, 1.807) is 11.8 Å². The molecule has 0 spiro atoms. The fraction of sp³-hybridized carbons (Fsp3) is 0.692. The average molecular weight is 281 g/mol.